The second-order valence-corrected chi connectivity index (χ2v) is 7.86. The molecule has 2 aromatic rings. The predicted molar refractivity (Wildman–Crippen MR) is 145 cm³/mol. The highest BCUT2D eigenvalue weighted by Crippen LogP contribution is 2.35. The maximum Gasteiger partial charge on any atom is 0.258 e. The van der Waals surface area contributed by atoms with E-state index in [0.29, 0.717) is 23.5 Å². The molecule has 0 saturated carbocycles. The summed E-state index contributed by atoms with van der Waals surface area (Å²) in [6.45, 7) is 24.3. The third-order valence-electron chi connectivity index (χ3n) is 6.16. The first-order chi connectivity index (χ1) is 16.9. The summed E-state index contributed by atoms with van der Waals surface area (Å²) < 4.78 is 15.6. The fraction of sp³-hybridized carbons (Fsp3) is 0.379. The summed E-state index contributed by atoms with van der Waals surface area (Å²) in [6.07, 6.45) is 6.99. The van der Waals surface area contributed by atoms with Crippen LogP contribution in [0.3, 0.4) is 0 Å². The van der Waals surface area contributed by atoms with Crippen molar-refractivity contribution in [2.45, 2.75) is 47.5 Å². The molecule has 188 valence electrons. The Morgan fingerprint density at radius 3 is 2.40 bits per heavy atom. The smallest absolute Gasteiger partial charge is 0.258 e. The molecule has 4 rings (SSSR count). The van der Waals surface area contributed by atoms with Crippen LogP contribution in [-0.2, 0) is 18.3 Å². The minimum Gasteiger partial charge on any atom is -0.371 e. The molecule has 0 saturated heterocycles. The van der Waals surface area contributed by atoms with Crippen molar-refractivity contribution in [2.24, 2.45) is 7.05 Å². The molecule has 5 nitrogen and oxygen atoms in total. The first kappa shape index (κ1) is 27.8. The second kappa shape index (κ2) is 12.3. The van der Waals surface area contributed by atoms with Crippen LogP contribution in [-0.4, -0.2) is 44.9 Å². The number of rotatable bonds is 6. The standard InChI is InChI=1S/C25H27FN4O.2C2H6/c1-6-9-19-18(7-2)16(3)30(25(19)31)14-8-13-29-15-12-21-23(17(29)4)20-10-11-22(26)27-24(20)28(21)5;2*1-2/h6-7,9-11H,2-4,8,12-15H2,1,5H3;2*1-2H3/b9-6-;;. The normalized spacial score (nSPS) is 15.3. The number of carbonyl (C=O) groups is 1. The van der Waals surface area contributed by atoms with Gasteiger partial charge in [0.05, 0.1) is 0 Å². The number of aryl methyl sites for hydroxylation is 1. The number of halogens is 1. The Labute approximate surface area is 209 Å². The molecular formula is C29H39FN4O. The minimum atomic E-state index is -0.479. The molecule has 1 amide bonds. The van der Waals surface area contributed by atoms with Gasteiger partial charge in [-0.1, -0.05) is 65.7 Å². The Morgan fingerprint density at radius 2 is 1.77 bits per heavy atom. The van der Waals surface area contributed by atoms with Crippen molar-refractivity contribution in [1.29, 1.82) is 0 Å². The number of hydrogen-bond donors (Lipinski definition) is 0. The quantitative estimate of drug-likeness (QED) is 0.451. The lowest BCUT2D eigenvalue weighted by Crippen LogP contribution is -2.33. The number of allylic oxidation sites excluding steroid dienone is 2. The highest BCUT2D eigenvalue weighted by molar-refractivity contribution is 6.03. The third-order valence-corrected chi connectivity index (χ3v) is 6.16. The summed E-state index contributed by atoms with van der Waals surface area (Å²) in [6, 6.07) is 3.18. The first-order valence-corrected chi connectivity index (χ1v) is 12.5. The molecule has 0 spiro atoms. The molecular weight excluding hydrogens is 439 g/mol. The van der Waals surface area contributed by atoms with Gasteiger partial charge in [0, 0.05) is 72.3 Å². The largest absolute Gasteiger partial charge is 0.371 e. The summed E-state index contributed by atoms with van der Waals surface area (Å²) in [5.74, 6) is -0.506. The van der Waals surface area contributed by atoms with E-state index in [2.05, 4.69) is 29.6 Å². The van der Waals surface area contributed by atoms with Crippen LogP contribution in [0.5, 0.6) is 0 Å². The lowest BCUT2D eigenvalue weighted by Gasteiger charge is -2.32. The molecule has 4 heterocycles. The zero-order valence-electron chi connectivity index (χ0n) is 22.1. The minimum absolute atomic E-state index is 0.0279. The van der Waals surface area contributed by atoms with Crippen LogP contribution in [0, 0.1) is 5.95 Å². The molecule has 2 aliphatic rings. The monoisotopic (exact) mass is 478 g/mol. The summed E-state index contributed by atoms with van der Waals surface area (Å²) in [5.41, 5.74) is 5.89. The SMILES string of the molecule is C=CC1=C(/C=C\C)C(=O)N(CCCN2CCc3c(c4ccc(F)nc4n3C)C2=C)C1=C.CC.CC. The van der Waals surface area contributed by atoms with Gasteiger partial charge in [-0.3, -0.25) is 4.79 Å². The van der Waals surface area contributed by atoms with E-state index < -0.39 is 5.95 Å². The van der Waals surface area contributed by atoms with Crippen molar-refractivity contribution in [3.05, 3.63) is 84.1 Å². The Kier molecular flexibility index (Phi) is 9.81. The highest BCUT2D eigenvalue weighted by atomic mass is 19.1. The maximum atomic E-state index is 13.7. The zero-order chi connectivity index (χ0) is 26.3. The molecule has 6 heteroatoms. The molecule has 0 aliphatic carbocycles. The molecule has 2 aromatic heterocycles. The van der Waals surface area contributed by atoms with Crippen molar-refractivity contribution in [3.8, 4) is 0 Å². The number of aromatic nitrogens is 2. The molecule has 0 radical (unpaired) electrons. The van der Waals surface area contributed by atoms with E-state index >= 15 is 0 Å². The van der Waals surface area contributed by atoms with Crippen LogP contribution in [0.25, 0.3) is 16.7 Å². The number of carbonyl (C=O) groups excluding carboxylic acids is 1. The Morgan fingerprint density at radius 1 is 1.09 bits per heavy atom. The average molecular weight is 479 g/mol. The van der Waals surface area contributed by atoms with Gasteiger partial charge in [0.25, 0.3) is 5.91 Å². The first-order valence-electron chi connectivity index (χ1n) is 12.5. The predicted octanol–water partition coefficient (Wildman–Crippen LogP) is 6.40. The van der Waals surface area contributed by atoms with E-state index in [0.717, 1.165) is 53.8 Å². The Hall–Kier alpha value is -3.41. The lowest BCUT2D eigenvalue weighted by molar-refractivity contribution is -0.124. The molecule has 0 N–H and O–H groups in total. The molecule has 0 fully saturated rings. The van der Waals surface area contributed by atoms with Gasteiger partial charge in [-0.15, -0.1) is 0 Å². The number of amides is 1. The number of nitrogens with zero attached hydrogens (tertiary/aromatic N) is 4. The fourth-order valence-electron chi connectivity index (χ4n) is 4.62. The number of hydrogen-bond acceptors (Lipinski definition) is 3. The number of pyridine rings is 1. The molecule has 2 aliphatic heterocycles. The number of fused-ring (bicyclic) bond motifs is 3. The van der Waals surface area contributed by atoms with Gasteiger partial charge in [0.1, 0.15) is 5.65 Å². The zero-order valence-corrected chi connectivity index (χ0v) is 22.1. The summed E-state index contributed by atoms with van der Waals surface area (Å²) in [7, 11) is 1.92. The van der Waals surface area contributed by atoms with Crippen LogP contribution < -0.4 is 0 Å². The molecule has 35 heavy (non-hydrogen) atoms. The molecule has 0 atom stereocenters. The van der Waals surface area contributed by atoms with E-state index in [1.54, 1.807) is 17.0 Å². The van der Waals surface area contributed by atoms with Crippen molar-refractivity contribution < 1.29 is 9.18 Å². The van der Waals surface area contributed by atoms with E-state index in [-0.39, 0.29) is 5.91 Å². The third kappa shape index (κ3) is 5.16. The summed E-state index contributed by atoms with van der Waals surface area (Å²) in [5, 5.41) is 0.924. The van der Waals surface area contributed by atoms with Gasteiger partial charge in [-0.05, 0) is 25.5 Å². The van der Waals surface area contributed by atoms with Gasteiger partial charge in [-0.25, -0.2) is 4.98 Å². The summed E-state index contributed by atoms with van der Waals surface area (Å²) in [4.78, 5) is 20.8. The average Bonchev–Trinajstić information content (AvgIpc) is 3.28. The molecule has 0 bridgehead atoms. The topological polar surface area (TPSA) is 41.4 Å². The van der Waals surface area contributed by atoms with Crippen molar-refractivity contribution >= 4 is 22.6 Å². The lowest BCUT2D eigenvalue weighted by atomic mass is 10.0. The fourth-order valence-corrected chi connectivity index (χ4v) is 4.62. The van der Waals surface area contributed by atoms with Crippen LogP contribution >= 0.6 is 0 Å². The van der Waals surface area contributed by atoms with Crippen LogP contribution in [0.2, 0.25) is 0 Å². The van der Waals surface area contributed by atoms with E-state index in [9.17, 15) is 9.18 Å². The van der Waals surface area contributed by atoms with Gasteiger partial charge < -0.3 is 14.4 Å². The highest BCUT2D eigenvalue weighted by Gasteiger charge is 2.31. The van der Waals surface area contributed by atoms with Crippen LogP contribution in [0.1, 0.15) is 52.3 Å². The Bertz CT molecular complexity index is 1180. The van der Waals surface area contributed by atoms with Crippen molar-refractivity contribution in [1.82, 2.24) is 19.4 Å². The van der Waals surface area contributed by atoms with Crippen molar-refractivity contribution in [2.75, 3.05) is 19.6 Å². The Balaban J connectivity index is 0.00000103. The molecule has 0 unspecified atom stereocenters. The van der Waals surface area contributed by atoms with Crippen LogP contribution in [0.4, 0.5) is 4.39 Å². The van der Waals surface area contributed by atoms with E-state index in [4.69, 9.17) is 0 Å². The van der Waals surface area contributed by atoms with Gasteiger partial charge in [0.2, 0.25) is 5.95 Å². The van der Waals surface area contributed by atoms with Crippen molar-refractivity contribution in [3.63, 3.8) is 0 Å². The van der Waals surface area contributed by atoms with E-state index in [1.165, 1.54) is 6.07 Å². The van der Waals surface area contributed by atoms with Crippen LogP contribution in [0.15, 0.2) is 66.9 Å². The molecule has 0 aromatic carbocycles. The van der Waals surface area contributed by atoms with Gasteiger partial charge >= 0.3 is 0 Å². The van der Waals surface area contributed by atoms with Gasteiger partial charge in [0.15, 0.2) is 0 Å². The van der Waals surface area contributed by atoms with Gasteiger partial charge in [-0.2, -0.15) is 4.39 Å². The maximum absolute atomic E-state index is 13.7. The van der Waals surface area contributed by atoms with E-state index in [1.807, 2.05) is 58.4 Å². The second-order valence-electron chi connectivity index (χ2n) is 7.86. The summed E-state index contributed by atoms with van der Waals surface area (Å²) >= 11 is 0.